The maximum atomic E-state index is 13.5. The number of rotatable bonds is 4. The maximum absolute atomic E-state index is 13.5. The van der Waals surface area contributed by atoms with Crippen LogP contribution < -0.4 is 5.32 Å². The van der Waals surface area contributed by atoms with Crippen LogP contribution in [0.4, 0.5) is 8.78 Å². The molecule has 0 fully saturated rings. The number of hydrogen-bond acceptors (Lipinski definition) is 3. The van der Waals surface area contributed by atoms with Crippen molar-refractivity contribution in [2.24, 2.45) is 0 Å². The van der Waals surface area contributed by atoms with Gasteiger partial charge in [-0.05, 0) is 13.1 Å². The highest BCUT2D eigenvalue weighted by molar-refractivity contribution is 6.30. The van der Waals surface area contributed by atoms with E-state index < -0.39 is 28.9 Å². The van der Waals surface area contributed by atoms with Crippen molar-refractivity contribution in [2.45, 2.75) is 12.2 Å². The molecule has 0 aliphatic heterocycles. The number of halogens is 3. The fraction of sp³-hybridized carbons (Fsp3) is 0.400. The topological polar surface area (TPSA) is 52.5 Å². The minimum absolute atomic E-state index is 0.0790. The van der Waals surface area contributed by atoms with Crippen LogP contribution in [-0.4, -0.2) is 29.9 Å². The first-order chi connectivity index (χ1) is 7.49. The highest BCUT2D eigenvalue weighted by atomic mass is 35.5. The van der Waals surface area contributed by atoms with E-state index in [9.17, 15) is 19.0 Å². The first-order valence-electron chi connectivity index (χ1n) is 4.63. The SMILES string of the molecule is CNCC(O)C(O)c1ccc(F)c(Cl)c1F. The molecule has 0 aliphatic carbocycles. The third-order valence-electron chi connectivity index (χ3n) is 2.16. The molecule has 90 valence electrons. The van der Waals surface area contributed by atoms with Crippen LogP contribution in [0.25, 0.3) is 0 Å². The van der Waals surface area contributed by atoms with Crippen molar-refractivity contribution in [3.05, 3.63) is 34.4 Å². The molecule has 1 aromatic carbocycles. The summed E-state index contributed by atoms with van der Waals surface area (Å²) in [6, 6.07) is 2.00. The van der Waals surface area contributed by atoms with E-state index in [-0.39, 0.29) is 12.1 Å². The number of aliphatic hydroxyl groups excluding tert-OH is 2. The van der Waals surface area contributed by atoms with Crippen LogP contribution in [0.1, 0.15) is 11.7 Å². The highest BCUT2D eigenvalue weighted by Crippen LogP contribution is 2.27. The van der Waals surface area contributed by atoms with Crippen molar-refractivity contribution >= 4 is 11.6 Å². The molecule has 16 heavy (non-hydrogen) atoms. The summed E-state index contributed by atoms with van der Waals surface area (Å²) in [6.07, 6.45) is -2.65. The quantitative estimate of drug-likeness (QED) is 0.706. The van der Waals surface area contributed by atoms with Crippen molar-refractivity contribution in [3.63, 3.8) is 0 Å². The molecule has 0 radical (unpaired) electrons. The third kappa shape index (κ3) is 2.68. The van der Waals surface area contributed by atoms with Crippen LogP contribution in [0, 0.1) is 11.6 Å². The van der Waals surface area contributed by atoms with E-state index in [1.807, 2.05) is 0 Å². The van der Waals surface area contributed by atoms with Gasteiger partial charge in [-0.2, -0.15) is 0 Å². The lowest BCUT2D eigenvalue weighted by Gasteiger charge is -2.18. The van der Waals surface area contributed by atoms with E-state index in [0.717, 1.165) is 12.1 Å². The smallest absolute Gasteiger partial charge is 0.150 e. The van der Waals surface area contributed by atoms with Crippen LogP contribution in [0.3, 0.4) is 0 Å². The van der Waals surface area contributed by atoms with Gasteiger partial charge in [-0.1, -0.05) is 17.7 Å². The van der Waals surface area contributed by atoms with E-state index >= 15 is 0 Å². The van der Waals surface area contributed by atoms with Gasteiger partial charge in [-0.15, -0.1) is 0 Å². The summed E-state index contributed by atoms with van der Waals surface area (Å²) in [5.41, 5.74) is -0.228. The molecule has 0 aliphatic rings. The normalized spacial score (nSPS) is 14.9. The van der Waals surface area contributed by atoms with Crippen molar-refractivity contribution in [1.82, 2.24) is 5.32 Å². The molecule has 2 unspecified atom stereocenters. The number of aliphatic hydroxyl groups is 2. The summed E-state index contributed by atoms with van der Waals surface area (Å²) in [6.45, 7) is 0.0790. The molecule has 2 atom stereocenters. The van der Waals surface area contributed by atoms with E-state index in [0.29, 0.717) is 0 Å². The molecule has 3 nitrogen and oxygen atoms in total. The van der Waals surface area contributed by atoms with Crippen LogP contribution >= 0.6 is 11.6 Å². The monoisotopic (exact) mass is 251 g/mol. The molecule has 1 rings (SSSR count). The molecule has 0 bridgehead atoms. The maximum Gasteiger partial charge on any atom is 0.150 e. The van der Waals surface area contributed by atoms with Crippen molar-refractivity contribution in [2.75, 3.05) is 13.6 Å². The Labute approximate surface area is 96.7 Å². The number of benzene rings is 1. The molecule has 1 aromatic rings. The van der Waals surface area contributed by atoms with Gasteiger partial charge in [0.2, 0.25) is 0 Å². The van der Waals surface area contributed by atoms with Crippen LogP contribution in [0.5, 0.6) is 0 Å². The van der Waals surface area contributed by atoms with E-state index in [2.05, 4.69) is 5.32 Å². The van der Waals surface area contributed by atoms with Gasteiger partial charge in [-0.25, -0.2) is 8.78 Å². The van der Waals surface area contributed by atoms with Crippen LogP contribution in [0.15, 0.2) is 12.1 Å². The number of likely N-dealkylation sites (N-methyl/N-ethyl adjacent to an activating group) is 1. The molecule has 6 heteroatoms. The second kappa shape index (κ2) is 5.54. The standard InChI is InChI=1S/C10H12ClF2NO2/c1-14-4-7(15)10(16)5-2-3-6(12)8(11)9(5)13/h2-3,7,10,14-16H,4H2,1H3. The molecule has 0 spiro atoms. The van der Waals surface area contributed by atoms with Gasteiger partial charge < -0.3 is 15.5 Å². The van der Waals surface area contributed by atoms with Crippen molar-refractivity contribution in [3.8, 4) is 0 Å². The zero-order valence-corrected chi connectivity index (χ0v) is 9.30. The fourth-order valence-electron chi connectivity index (χ4n) is 1.30. The second-order valence-electron chi connectivity index (χ2n) is 3.33. The second-order valence-corrected chi connectivity index (χ2v) is 3.71. The Balaban J connectivity index is 3.00. The van der Waals surface area contributed by atoms with E-state index in [1.54, 1.807) is 7.05 Å². The third-order valence-corrected chi connectivity index (χ3v) is 2.51. The summed E-state index contributed by atoms with van der Waals surface area (Å²) < 4.78 is 26.3. The lowest BCUT2D eigenvalue weighted by atomic mass is 10.0. The molecular weight excluding hydrogens is 240 g/mol. The van der Waals surface area contributed by atoms with Gasteiger partial charge in [-0.3, -0.25) is 0 Å². The first-order valence-corrected chi connectivity index (χ1v) is 5.01. The average Bonchev–Trinajstić information content (AvgIpc) is 2.26. The Morgan fingerprint density at radius 2 is 2.00 bits per heavy atom. The predicted molar refractivity (Wildman–Crippen MR) is 56.3 cm³/mol. The Morgan fingerprint density at radius 1 is 1.38 bits per heavy atom. The Morgan fingerprint density at radius 3 is 2.56 bits per heavy atom. The van der Waals surface area contributed by atoms with Gasteiger partial charge in [0.25, 0.3) is 0 Å². The summed E-state index contributed by atoms with van der Waals surface area (Å²) in [4.78, 5) is 0. The number of nitrogens with one attached hydrogen (secondary N) is 1. The lowest BCUT2D eigenvalue weighted by Crippen LogP contribution is -2.30. The van der Waals surface area contributed by atoms with Gasteiger partial charge in [0.1, 0.15) is 16.9 Å². The summed E-state index contributed by atoms with van der Waals surface area (Å²) in [5.74, 6) is -1.96. The van der Waals surface area contributed by atoms with Gasteiger partial charge >= 0.3 is 0 Å². The molecule has 0 amide bonds. The van der Waals surface area contributed by atoms with E-state index in [4.69, 9.17) is 11.6 Å². The molecule has 0 aromatic heterocycles. The largest absolute Gasteiger partial charge is 0.389 e. The van der Waals surface area contributed by atoms with Crippen molar-refractivity contribution in [1.29, 1.82) is 0 Å². The first kappa shape index (κ1) is 13.3. The zero-order valence-electron chi connectivity index (χ0n) is 8.54. The molecule has 0 saturated carbocycles. The lowest BCUT2D eigenvalue weighted by molar-refractivity contribution is 0.0181. The van der Waals surface area contributed by atoms with Crippen LogP contribution in [-0.2, 0) is 0 Å². The molecule has 3 N–H and O–H groups in total. The average molecular weight is 252 g/mol. The summed E-state index contributed by atoms with van der Waals surface area (Å²) >= 11 is 5.35. The molecule has 0 heterocycles. The minimum atomic E-state index is -1.45. The van der Waals surface area contributed by atoms with Gasteiger partial charge in [0, 0.05) is 12.1 Å². The fourth-order valence-corrected chi connectivity index (χ4v) is 1.47. The van der Waals surface area contributed by atoms with Gasteiger partial charge in [0.15, 0.2) is 5.82 Å². The van der Waals surface area contributed by atoms with Crippen LogP contribution in [0.2, 0.25) is 5.02 Å². The zero-order chi connectivity index (χ0) is 12.3. The molecule has 0 saturated heterocycles. The summed E-state index contributed by atoms with van der Waals surface area (Å²) in [7, 11) is 1.57. The Hall–Kier alpha value is -0.750. The predicted octanol–water partition coefficient (Wildman–Crippen LogP) is 1.23. The minimum Gasteiger partial charge on any atom is -0.389 e. The Kier molecular flexibility index (Phi) is 4.61. The van der Waals surface area contributed by atoms with Crippen molar-refractivity contribution < 1.29 is 19.0 Å². The summed E-state index contributed by atoms with van der Waals surface area (Å²) in [5, 5.41) is 21.0. The molecular formula is C10H12ClF2NO2. The van der Waals surface area contributed by atoms with E-state index in [1.165, 1.54) is 0 Å². The number of hydrogen-bond donors (Lipinski definition) is 3. The Bertz CT molecular complexity index is 376. The highest BCUT2D eigenvalue weighted by Gasteiger charge is 2.23. The van der Waals surface area contributed by atoms with Gasteiger partial charge in [0.05, 0.1) is 6.10 Å².